The van der Waals surface area contributed by atoms with Crippen LogP contribution in [0.25, 0.3) is 10.9 Å². The van der Waals surface area contributed by atoms with E-state index >= 15 is 4.39 Å². The number of likely N-dealkylation sites (tertiary alicyclic amines) is 1. The Morgan fingerprint density at radius 3 is 2.88 bits per heavy atom. The molecule has 0 bridgehead atoms. The van der Waals surface area contributed by atoms with Gasteiger partial charge in [-0.25, -0.2) is 4.39 Å². The Balaban J connectivity index is 1.82. The predicted molar refractivity (Wildman–Crippen MR) is 125 cm³/mol. The van der Waals surface area contributed by atoms with Gasteiger partial charge in [0.2, 0.25) is 5.91 Å². The Labute approximate surface area is 195 Å². The minimum Gasteiger partial charge on any atom is -0.394 e. The molecule has 1 saturated heterocycles. The van der Waals surface area contributed by atoms with Crippen LogP contribution in [0.5, 0.6) is 0 Å². The summed E-state index contributed by atoms with van der Waals surface area (Å²) in [6.45, 7) is 6.38. The van der Waals surface area contributed by atoms with Crippen molar-refractivity contribution in [3.63, 3.8) is 0 Å². The summed E-state index contributed by atoms with van der Waals surface area (Å²) < 4.78 is 16.8. The number of amides is 1. The maximum absolute atomic E-state index is 15.1. The summed E-state index contributed by atoms with van der Waals surface area (Å²) in [5.41, 5.74) is 1.63. The molecule has 168 valence electrons. The van der Waals surface area contributed by atoms with Gasteiger partial charge in [-0.3, -0.25) is 9.48 Å². The molecule has 9 heteroatoms. The lowest BCUT2D eigenvalue weighted by molar-refractivity contribution is -0.125. The molecular weight excluding hydrogens is 454 g/mol. The fraction of sp³-hybridized carbons (Fsp3) is 0.304. The number of aliphatic hydroxyl groups excluding tert-OH is 1. The fourth-order valence-corrected chi connectivity index (χ4v) is 4.91. The van der Waals surface area contributed by atoms with Crippen molar-refractivity contribution in [3.8, 4) is 0 Å². The topological polar surface area (TPSA) is 70.4 Å². The van der Waals surface area contributed by atoms with E-state index in [2.05, 4.69) is 17.0 Å². The third-order valence-electron chi connectivity index (χ3n) is 5.91. The second-order valence-electron chi connectivity index (χ2n) is 7.90. The average molecular weight is 477 g/mol. The van der Waals surface area contributed by atoms with Gasteiger partial charge >= 0.3 is 0 Å². The molecule has 0 aliphatic carbocycles. The number of aryl methyl sites for hydroxylation is 1. The summed E-state index contributed by atoms with van der Waals surface area (Å²) in [6, 6.07) is 8.42. The van der Waals surface area contributed by atoms with E-state index in [4.69, 9.17) is 23.2 Å². The van der Waals surface area contributed by atoms with Gasteiger partial charge in [-0.05, 0) is 49.8 Å². The molecule has 2 heterocycles. The van der Waals surface area contributed by atoms with Crippen molar-refractivity contribution in [2.75, 3.05) is 25.0 Å². The molecule has 1 fully saturated rings. The highest BCUT2D eigenvalue weighted by Crippen LogP contribution is 2.43. The van der Waals surface area contributed by atoms with Crippen molar-refractivity contribution in [1.82, 2.24) is 14.7 Å². The average Bonchev–Trinajstić information content (AvgIpc) is 3.33. The van der Waals surface area contributed by atoms with Crippen LogP contribution in [0.4, 0.5) is 10.1 Å². The first kappa shape index (κ1) is 22.6. The highest BCUT2D eigenvalue weighted by molar-refractivity contribution is 6.42. The van der Waals surface area contributed by atoms with Crippen LogP contribution in [0.1, 0.15) is 17.7 Å². The molecule has 32 heavy (non-hydrogen) atoms. The summed E-state index contributed by atoms with van der Waals surface area (Å²) in [5, 5.41) is 18.6. The summed E-state index contributed by atoms with van der Waals surface area (Å²) in [6.07, 6.45) is 1.67. The first-order chi connectivity index (χ1) is 15.3. The lowest BCUT2D eigenvalue weighted by Gasteiger charge is -2.33. The van der Waals surface area contributed by atoms with Crippen molar-refractivity contribution in [1.29, 1.82) is 0 Å². The molecule has 2 N–H and O–H groups in total. The van der Waals surface area contributed by atoms with E-state index in [0.717, 1.165) is 16.6 Å². The number of anilines is 1. The molecule has 3 aromatic rings. The van der Waals surface area contributed by atoms with E-state index in [0.29, 0.717) is 25.2 Å². The van der Waals surface area contributed by atoms with E-state index in [1.807, 2.05) is 25.1 Å². The van der Waals surface area contributed by atoms with Crippen molar-refractivity contribution in [2.24, 2.45) is 0 Å². The number of fused-ring (bicyclic) bond motifs is 1. The lowest BCUT2D eigenvalue weighted by Crippen LogP contribution is -2.41. The maximum Gasteiger partial charge on any atom is 0.246 e. The van der Waals surface area contributed by atoms with Crippen molar-refractivity contribution in [2.45, 2.75) is 25.4 Å². The summed E-state index contributed by atoms with van der Waals surface area (Å²) in [4.78, 5) is 13.9. The second-order valence-corrected chi connectivity index (χ2v) is 8.69. The first-order valence-corrected chi connectivity index (χ1v) is 11.0. The van der Waals surface area contributed by atoms with E-state index in [-0.39, 0.29) is 34.7 Å². The number of aromatic nitrogens is 2. The number of carbonyl (C=O) groups excluding carboxylic acids is 1. The van der Waals surface area contributed by atoms with Crippen molar-refractivity contribution in [3.05, 3.63) is 70.1 Å². The van der Waals surface area contributed by atoms with Crippen molar-refractivity contribution >= 4 is 45.7 Å². The molecule has 0 saturated carbocycles. The van der Waals surface area contributed by atoms with Gasteiger partial charge in [0.25, 0.3) is 0 Å². The minimum absolute atomic E-state index is 0.0419. The molecule has 1 amide bonds. The molecule has 0 radical (unpaired) electrons. The highest BCUT2D eigenvalue weighted by Gasteiger charge is 2.44. The Morgan fingerprint density at radius 1 is 1.38 bits per heavy atom. The molecule has 6 nitrogen and oxygen atoms in total. The molecule has 2 aromatic carbocycles. The van der Waals surface area contributed by atoms with Crippen LogP contribution < -0.4 is 5.32 Å². The molecule has 1 aliphatic rings. The van der Waals surface area contributed by atoms with Gasteiger partial charge in [-0.1, -0.05) is 29.8 Å². The molecule has 4 rings (SSSR count). The number of halogens is 3. The number of aliphatic hydroxyl groups is 1. The highest BCUT2D eigenvalue weighted by atomic mass is 35.5. The number of nitrogens with zero attached hydrogens (tertiary/aromatic N) is 3. The van der Waals surface area contributed by atoms with Gasteiger partial charge in [0.15, 0.2) is 0 Å². The SMILES string of the molecule is C=CC(=O)N1CC[C@@](Nc2ccc3c(C)nn(CCO)c3c2)(c2c(F)ccc(Cl)c2Cl)C1. The van der Waals surface area contributed by atoms with Gasteiger partial charge in [-0.15, -0.1) is 0 Å². The maximum atomic E-state index is 15.1. The second kappa shape index (κ2) is 8.73. The lowest BCUT2D eigenvalue weighted by atomic mass is 9.87. The minimum atomic E-state index is -0.991. The monoisotopic (exact) mass is 476 g/mol. The Morgan fingerprint density at radius 2 is 2.16 bits per heavy atom. The van der Waals surface area contributed by atoms with E-state index in [1.165, 1.54) is 18.2 Å². The largest absolute Gasteiger partial charge is 0.394 e. The molecule has 0 unspecified atom stereocenters. The van der Waals surface area contributed by atoms with E-state index in [9.17, 15) is 9.90 Å². The van der Waals surface area contributed by atoms with Crippen LogP contribution in [-0.4, -0.2) is 45.4 Å². The van der Waals surface area contributed by atoms with Crippen LogP contribution in [-0.2, 0) is 16.9 Å². The number of hydrogen-bond acceptors (Lipinski definition) is 4. The van der Waals surface area contributed by atoms with Crippen LogP contribution >= 0.6 is 23.2 Å². The number of benzene rings is 2. The van der Waals surface area contributed by atoms with E-state index in [1.54, 1.807) is 9.58 Å². The van der Waals surface area contributed by atoms with Crippen LogP contribution in [0.15, 0.2) is 43.0 Å². The Hall–Kier alpha value is -2.61. The number of rotatable bonds is 6. The van der Waals surface area contributed by atoms with Gasteiger partial charge in [0.05, 0.1) is 39.9 Å². The zero-order chi connectivity index (χ0) is 23.0. The zero-order valence-corrected chi connectivity index (χ0v) is 19.0. The predicted octanol–water partition coefficient (Wildman–Crippen LogP) is 4.51. The van der Waals surface area contributed by atoms with E-state index < -0.39 is 11.4 Å². The number of hydrogen-bond donors (Lipinski definition) is 2. The summed E-state index contributed by atoms with van der Waals surface area (Å²) >= 11 is 12.7. The standard InChI is InChI=1S/C23H23Cl2FN4O2/c1-3-20(32)29-9-8-23(13-29,21-18(26)7-6-17(24)22(21)25)27-15-4-5-16-14(2)28-30(10-11-31)19(16)12-15/h3-7,12,27,31H,1,8-11,13H2,2H3/t23-/m0/s1. The number of nitrogens with one attached hydrogen (secondary N) is 1. The normalized spacial score (nSPS) is 18.3. The van der Waals surface area contributed by atoms with Crippen molar-refractivity contribution < 1.29 is 14.3 Å². The van der Waals surface area contributed by atoms with Gasteiger partial charge in [0.1, 0.15) is 5.82 Å². The van der Waals surface area contributed by atoms with Gasteiger partial charge in [-0.2, -0.15) is 5.10 Å². The molecule has 0 spiro atoms. The molecule has 1 aliphatic heterocycles. The van der Waals surface area contributed by atoms with Gasteiger partial charge < -0.3 is 15.3 Å². The smallest absolute Gasteiger partial charge is 0.246 e. The third kappa shape index (κ3) is 3.85. The van der Waals surface area contributed by atoms with Gasteiger partial charge in [0, 0.05) is 29.7 Å². The summed E-state index contributed by atoms with van der Waals surface area (Å²) in [7, 11) is 0. The Bertz CT molecular complexity index is 1210. The van der Waals surface area contributed by atoms with Crippen LogP contribution in [0, 0.1) is 12.7 Å². The Kier molecular flexibility index (Phi) is 6.16. The zero-order valence-electron chi connectivity index (χ0n) is 17.5. The van der Waals surface area contributed by atoms with Crippen LogP contribution in [0.3, 0.4) is 0 Å². The molecule has 1 atom stereocenters. The first-order valence-electron chi connectivity index (χ1n) is 10.2. The van der Waals surface area contributed by atoms with Crippen LogP contribution in [0.2, 0.25) is 10.0 Å². The molecule has 1 aromatic heterocycles. The summed E-state index contributed by atoms with van der Waals surface area (Å²) in [5.74, 6) is -0.735. The quantitative estimate of drug-likeness (QED) is 0.405. The fourth-order valence-electron chi connectivity index (χ4n) is 4.42. The number of carbonyl (C=O) groups is 1. The molecular formula is C23H23Cl2FN4O2. The third-order valence-corrected chi connectivity index (χ3v) is 6.71.